The highest BCUT2D eigenvalue weighted by molar-refractivity contribution is 9.11. The third-order valence-electron chi connectivity index (χ3n) is 3.86. The summed E-state index contributed by atoms with van der Waals surface area (Å²) < 4.78 is 5.41. The smallest absolute Gasteiger partial charge is 0.272 e. The van der Waals surface area contributed by atoms with Crippen molar-refractivity contribution in [2.75, 3.05) is 7.05 Å². The second kappa shape index (κ2) is 6.07. The maximum absolute atomic E-state index is 12.4. The minimum absolute atomic E-state index is 0.0248. The van der Waals surface area contributed by atoms with E-state index in [2.05, 4.69) is 50.2 Å². The third-order valence-corrected chi connectivity index (χ3v) is 6.36. The van der Waals surface area contributed by atoms with Crippen LogP contribution in [0.4, 0.5) is 0 Å². The summed E-state index contributed by atoms with van der Waals surface area (Å²) in [4.78, 5) is 15.8. The van der Waals surface area contributed by atoms with Crippen molar-refractivity contribution in [2.24, 2.45) is 7.05 Å². The van der Waals surface area contributed by atoms with E-state index in [4.69, 9.17) is 0 Å². The van der Waals surface area contributed by atoms with E-state index < -0.39 is 0 Å². The zero-order chi connectivity index (χ0) is 16.8. The highest BCUT2D eigenvalue weighted by atomic mass is 79.9. The molecule has 0 spiro atoms. The largest absolute Gasteiger partial charge is 0.294 e. The van der Waals surface area contributed by atoms with Crippen molar-refractivity contribution in [1.29, 1.82) is 0 Å². The van der Waals surface area contributed by atoms with Gasteiger partial charge in [-0.3, -0.25) is 18.7 Å². The van der Waals surface area contributed by atoms with Crippen molar-refractivity contribution in [3.8, 4) is 0 Å². The van der Waals surface area contributed by atoms with Crippen molar-refractivity contribution in [1.82, 2.24) is 24.1 Å². The van der Waals surface area contributed by atoms with Crippen LogP contribution in [0.5, 0.6) is 0 Å². The summed E-state index contributed by atoms with van der Waals surface area (Å²) in [6.07, 6.45) is 0. The number of fused-ring (bicyclic) bond motifs is 3. The summed E-state index contributed by atoms with van der Waals surface area (Å²) in [6, 6.07) is 6.14. The summed E-state index contributed by atoms with van der Waals surface area (Å²) >= 11 is 6.68. The molecule has 0 fully saturated rings. The van der Waals surface area contributed by atoms with Crippen LogP contribution in [-0.4, -0.2) is 31.1 Å². The molecule has 124 valence electrons. The Morgan fingerprint density at radius 1 is 1.25 bits per heavy atom. The number of nitrogens with zero attached hydrogens (tertiary/aromatic N) is 5. The molecule has 0 aliphatic rings. The van der Waals surface area contributed by atoms with Crippen LogP contribution in [0.25, 0.3) is 16.0 Å². The first-order valence-electron chi connectivity index (χ1n) is 7.27. The van der Waals surface area contributed by atoms with Crippen LogP contribution in [0.3, 0.4) is 0 Å². The van der Waals surface area contributed by atoms with E-state index in [1.165, 1.54) is 16.2 Å². The van der Waals surface area contributed by atoms with Crippen LogP contribution < -0.4 is 5.56 Å². The molecule has 0 bridgehead atoms. The first-order chi connectivity index (χ1) is 11.5. The average molecular weight is 424 g/mol. The zero-order valence-electron chi connectivity index (χ0n) is 13.1. The van der Waals surface area contributed by atoms with Crippen LogP contribution >= 0.6 is 38.6 Å². The predicted octanol–water partition coefficient (Wildman–Crippen LogP) is 3.10. The fourth-order valence-corrected chi connectivity index (χ4v) is 5.17. The quantitative estimate of drug-likeness (QED) is 0.505. The molecular formula is C15H14BrN5OS2. The molecule has 6 nitrogen and oxygen atoms in total. The Balaban J connectivity index is 1.73. The highest BCUT2D eigenvalue weighted by Crippen LogP contribution is 2.24. The highest BCUT2D eigenvalue weighted by Gasteiger charge is 2.16. The minimum atomic E-state index is -0.0248. The average Bonchev–Trinajstić information content (AvgIpc) is 3.24. The fraction of sp³-hybridized carbons (Fsp3) is 0.267. The van der Waals surface area contributed by atoms with Crippen LogP contribution in [0, 0.1) is 0 Å². The lowest BCUT2D eigenvalue weighted by atomic mass is 10.4. The van der Waals surface area contributed by atoms with E-state index >= 15 is 0 Å². The van der Waals surface area contributed by atoms with E-state index in [1.807, 2.05) is 15.8 Å². The van der Waals surface area contributed by atoms with Crippen LogP contribution in [-0.2, 0) is 20.1 Å². The molecule has 4 rings (SSSR count). The number of aryl methyl sites for hydroxylation is 1. The van der Waals surface area contributed by atoms with Gasteiger partial charge in [-0.2, -0.15) is 0 Å². The second-order valence-corrected chi connectivity index (χ2v) is 9.09. The lowest BCUT2D eigenvalue weighted by Gasteiger charge is -2.14. The molecule has 24 heavy (non-hydrogen) atoms. The predicted molar refractivity (Wildman–Crippen MR) is 101 cm³/mol. The molecule has 0 unspecified atom stereocenters. The Hall–Kier alpha value is -1.55. The Kier molecular flexibility index (Phi) is 4.03. The number of aromatic nitrogens is 4. The van der Waals surface area contributed by atoms with Crippen molar-refractivity contribution in [3.05, 3.63) is 48.4 Å². The normalized spacial score (nSPS) is 12.0. The van der Waals surface area contributed by atoms with Crippen molar-refractivity contribution in [2.45, 2.75) is 13.1 Å². The molecule has 4 aromatic heterocycles. The molecule has 0 aliphatic carbocycles. The van der Waals surface area contributed by atoms with Gasteiger partial charge in [-0.25, -0.2) is 0 Å². The Bertz CT molecular complexity index is 1090. The molecule has 0 saturated carbocycles. The van der Waals surface area contributed by atoms with Crippen molar-refractivity contribution in [3.63, 3.8) is 0 Å². The topological polar surface area (TPSA) is 55.4 Å². The zero-order valence-corrected chi connectivity index (χ0v) is 16.3. The maximum Gasteiger partial charge on any atom is 0.272 e. The third kappa shape index (κ3) is 2.61. The number of hydrogen-bond acceptors (Lipinski definition) is 6. The SMILES string of the molecule is CN(Cc1ccc(Br)s1)Cc1nnc2n(C)c(=O)c3sccc3n12. The molecule has 0 aliphatic heterocycles. The van der Waals surface area contributed by atoms with Gasteiger partial charge in [0.2, 0.25) is 5.78 Å². The van der Waals surface area contributed by atoms with Crippen molar-refractivity contribution < 1.29 is 0 Å². The molecule has 0 radical (unpaired) electrons. The lowest BCUT2D eigenvalue weighted by molar-refractivity contribution is 0.312. The summed E-state index contributed by atoms with van der Waals surface area (Å²) in [5.41, 5.74) is 0.855. The maximum atomic E-state index is 12.4. The molecule has 4 heterocycles. The van der Waals surface area contributed by atoms with E-state index in [0.29, 0.717) is 12.3 Å². The van der Waals surface area contributed by atoms with Gasteiger partial charge in [-0.1, -0.05) is 0 Å². The van der Waals surface area contributed by atoms with Gasteiger partial charge in [0.15, 0.2) is 5.82 Å². The Morgan fingerprint density at radius 2 is 2.08 bits per heavy atom. The van der Waals surface area contributed by atoms with E-state index in [9.17, 15) is 4.79 Å². The van der Waals surface area contributed by atoms with Crippen LogP contribution in [0.2, 0.25) is 0 Å². The van der Waals surface area contributed by atoms with Crippen LogP contribution in [0.15, 0.2) is 32.2 Å². The minimum Gasteiger partial charge on any atom is -0.294 e. The molecule has 0 atom stereocenters. The summed E-state index contributed by atoms with van der Waals surface area (Å²) in [7, 11) is 3.80. The number of thiophene rings is 2. The van der Waals surface area contributed by atoms with Crippen molar-refractivity contribution >= 4 is 54.6 Å². The van der Waals surface area contributed by atoms with E-state index in [1.54, 1.807) is 23.0 Å². The van der Waals surface area contributed by atoms with Gasteiger partial charge in [0.05, 0.1) is 15.8 Å². The van der Waals surface area contributed by atoms with E-state index in [-0.39, 0.29) is 5.56 Å². The van der Waals surface area contributed by atoms with Crippen LogP contribution in [0.1, 0.15) is 10.7 Å². The molecule has 0 amide bonds. The standard InChI is InChI=1S/C15H14BrN5OS2/c1-19(7-9-3-4-11(16)24-9)8-12-17-18-15-20(2)14(22)13-10(21(12)15)5-6-23-13/h3-6H,7-8H2,1-2H3. The number of rotatable bonds is 4. The summed E-state index contributed by atoms with van der Waals surface area (Å²) in [5.74, 6) is 1.41. The lowest BCUT2D eigenvalue weighted by Crippen LogP contribution is -2.21. The Labute approximate surface area is 154 Å². The Morgan fingerprint density at radius 3 is 2.83 bits per heavy atom. The molecule has 0 N–H and O–H groups in total. The molecular weight excluding hydrogens is 410 g/mol. The first-order valence-corrected chi connectivity index (χ1v) is 9.76. The van der Waals surface area contributed by atoms with Gasteiger partial charge >= 0.3 is 0 Å². The number of hydrogen-bond donors (Lipinski definition) is 0. The van der Waals surface area contributed by atoms with Gasteiger partial charge in [0.25, 0.3) is 5.56 Å². The fourth-order valence-electron chi connectivity index (χ4n) is 2.76. The van der Waals surface area contributed by atoms with Gasteiger partial charge in [0, 0.05) is 18.5 Å². The molecule has 0 aromatic carbocycles. The number of halogens is 1. The van der Waals surface area contributed by atoms with Gasteiger partial charge in [-0.15, -0.1) is 32.9 Å². The molecule has 4 aromatic rings. The van der Waals surface area contributed by atoms with Gasteiger partial charge in [0.1, 0.15) is 4.70 Å². The monoisotopic (exact) mass is 423 g/mol. The second-order valence-electron chi connectivity index (χ2n) is 5.63. The first kappa shape index (κ1) is 15.9. The van der Waals surface area contributed by atoms with Gasteiger partial charge in [-0.05, 0) is 46.6 Å². The van der Waals surface area contributed by atoms with E-state index in [0.717, 1.165) is 26.4 Å². The summed E-state index contributed by atoms with van der Waals surface area (Å²) in [6.45, 7) is 1.49. The summed E-state index contributed by atoms with van der Waals surface area (Å²) in [5, 5.41) is 10.5. The molecule has 9 heteroatoms. The molecule has 0 saturated heterocycles. The van der Waals surface area contributed by atoms with Gasteiger partial charge < -0.3 is 0 Å².